The molecule has 1 spiro atoms. The summed E-state index contributed by atoms with van der Waals surface area (Å²) in [6.07, 6.45) is 4.26. The molecule has 1 heterocycles. The Morgan fingerprint density at radius 1 is 1.37 bits per heavy atom. The average Bonchev–Trinajstić information content (AvgIpc) is 2.77. The van der Waals surface area contributed by atoms with Gasteiger partial charge in [-0.3, -0.25) is 0 Å². The van der Waals surface area contributed by atoms with Gasteiger partial charge < -0.3 is 19.2 Å². The van der Waals surface area contributed by atoms with E-state index in [0.717, 1.165) is 18.3 Å². The maximum Gasteiger partial charge on any atom is 0.486 e. The Morgan fingerprint density at radius 3 is 2.47 bits per heavy atom. The topological polar surface area (TPSA) is 47.9 Å². The van der Waals surface area contributed by atoms with Crippen LogP contribution < -0.4 is 0 Å². The third-order valence-electron chi connectivity index (χ3n) is 4.15. The fourth-order valence-corrected chi connectivity index (χ4v) is 2.29. The first-order valence-corrected chi connectivity index (χ1v) is 7.13. The van der Waals surface area contributed by atoms with Gasteiger partial charge in [0.1, 0.15) is 0 Å². The summed E-state index contributed by atoms with van der Waals surface area (Å²) < 4.78 is 17.0. The van der Waals surface area contributed by atoms with E-state index in [1.54, 1.807) is 0 Å². The Morgan fingerprint density at radius 2 is 2.00 bits per heavy atom. The quantitative estimate of drug-likeness (QED) is 0.798. The summed E-state index contributed by atoms with van der Waals surface area (Å²) in [7, 11) is -0.812. The number of hydrogen-bond acceptors (Lipinski definition) is 4. The lowest BCUT2D eigenvalue weighted by Crippen LogP contribution is -2.38. The molecule has 1 fully saturated rings. The van der Waals surface area contributed by atoms with Crippen molar-refractivity contribution >= 4 is 7.12 Å². The minimum Gasteiger partial charge on any atom is -0.423 e. The number of rotatable bonds is 3. The van der Waals surface area contributed by atoms with Gasteiger partial charge in [0.15, 0.2) is 5.79 Å². The molecule has 5 heteroatoms. The molecule has 2 aliphatic rings. The van der Waals surface area contributed by atoms with Gasteiger partial charge in [-0.05, 0) is 24.2 Å². The lowest BCUT2D eigenvalue weighted by atomic mass is 9.71. The monoisotopic (exact) mass is 268 g/mol. The molecule has 1 unspecified atom stereocenters. The zero-order chi connectivity index (χ0) is 14.1. The van der Waals surface area contributed by atoms with E-state index >= 15 is 0 Å². The molecule has 0 bridgehead atoms. The number of hydrogen-bond donors (Lipinski definition) is 1. The van der Waals surface area contributed by atoms with Gasteiger partial charge in [0.05, 0.1) is 13.2 Å². The van der Waals surface area contributed by atoms with E-state index in [0.29, 0.717) is 19.6 Å². The highest BCUT2D eigenvalue weighted by Crippen LogP contribution is 2.36. The van der Waals surface area contributed by atoms with Gasteiger partial charge in [-0.1, -0.05) is 26.8 Å². The lowest BCUT2D eigenvalue weighted by Gasteiger charge is -2.33. The summed E-state index contributed by atoms with van der Waals surface area (Å²) in [5.74, 6) is -0.432. The predicted molar refractivity (Wildman–Crippen MR) is 74.5 cm³/mol. The maximum atomic E-state index is 10.2. The van der Waals surface area contributed by atoms with Crippen LogP contribution in [0, 0.1) is 5.41 Å². The van der Waals surface area contributed by atoms with E-state index in [1.807, 2.05) is 13.0 Å². The Balaban J connectivity index is 1.90. The number of ether oxygens (including phenoxy) is 2. The van der Waals surface area contributed by atoms with E-state index in [9.17, 15) is 5.02 Å². The van der Waals surface area contributed by atoms with E-state index in [1.165, 1.54) is 0 Å². The normalized spacial score (nSPS) is 24.4. The van der Waals surface area contributed by atoms with Gasteiger partial charge in [0, 0.05) is 18.9 Å². The van der Waals surface area contributed by atoms with Crippen LogP contribution in [0.15, 0.2) is 11.5 Å². The van der Waals surface area contributed by atoms with Gasteiger partial charge in [0.25, 0.3) is 0 Å². The summed E-state index contributed by atoms with van der Waals surface area (Å²) in [4.78, 5) is 0. The summed E-state index contributed by atoms with van der Waals surface area (Å²) in [6, 6.07) is 0. The molecule has 0 aromatic carbocycles. The van der Waals surface area contributed by atoms with Gasteiger partial charge in [-0.2, -0.15) is 0 Å². The summed E-state index contributed by atoms with van der Waals surface area (Å²) in [5, 5.41) is 10.2. The minimum absolute atomic E-state index is 0.00160. The smallest absolute Gasteiger partial charge is 0.423 e. The van der Waals surface area contributed by atoms with E-state index in [4.69, 9.17) is 14.1 Å². The van der Waals surface area contributed by atoms with Crippen molar-refractivity contribution in [3.8, 4) is 0 Å². The minimum atomic E-state index is -0.812. The molecule has 1 atom stereocenters. The molecule has 2 rings (SSSR count). The molecule has 1 aliphatic heterocycles. The Kier molecular flexibility index (Phi) is 4.40. The van der Waals surface area contributed by atoms with Gasteiger partial charge in [0.2, 0.25) is 0 Å². The molecular formula is C14H25BO4. The van der Waals surface area contributed by atoms with Crippen molar-refractivity contribution in [1.82, 2.24) is 0 Å². The third-order valence-corrected chi connectivity index (χ3v) is 4.15. The molecule has 1 N–H and O–H groups in total. The zero-order valence-corrected chi connectivity index (χ0v) is 12.4. The molecule has 1 saturated heterocycles. The van der Waals surface area contributed by atoms with Crippen LogP contribution >= 0.6 is 0 Å². The first-order valence-electron chi connectivity index (χ1n) is 7.13. The van der Waals surface area contributed by atoms with E-state index < -0.39 is 12.9 Å². The van der Waals surface area contributed by atoms with Crippen molar-refractivity contribution in [3.63, 3.8) is 0 Å². The zero-order valence-electron chi connectivity index (χ0n) is 12.4. The summed E-state index contributed by atoms with van der Waals surface area (Å²) in [6.45, 7) is 9.66. The molecule has 4 nitrogen and oxygen atoms in total. The van der Waals surface area contributed by atoms with Crippen LogP contribution in [0.4, 0.5) is 0 Å². The maximum absolute atomic E-state index is 10.2. The first-order chi connectivity index (χ1) is 8.82. The van der Waals surface area contributed by atoms with Crippen molar-refractivity contribution in [3.05, 3.63) is 11.5 Å². The van der Waals surface area contributed by atoms with Crippen LogP contribution in [0.1, 0.15) is 47.0 Å². The Labute approximate surface area is 116 Å². The van der Waals surface area contributed by atoms with Crippen LogP contribution in [-0.2, 0) is 14.1 Å². The van der Waals surface area contributed by atoms with Gasteiger partial charge in [-0.15, -0.1) is 0 Å². The molecule has 0 aromatic rings. The molecule has 108 valence electrons. The van der Waals surface area contributed by atoms with Crippen molar-refractivity contribution in [2.75, 3.05) is 13.2 Å². The fraction of sp³-hybridized carbons (Fsp3) is 0.857. The van der Waals surface area contributed by atoms with Crippen LogP contribution in [-0.4, -0.2) is 37.2 Å². The molecular weight excluding hydrogens is 243 g/mol. The highest BCUT2D eigenvalue weighted by Gasteiger charge is 2.40. The molecule has 0 amide bonds. The molecule has 1 aliphatic carbocycles. The van der Waals surface area contributed by atoms with Crippen LogP contribution in [0.2, 0.25) is 0 Å². The third kappa shape index (κ3) is 3.60. The molecule has 19 heavy (non-hydrogen) atoms. The number of allylic oxidation sites excluding steroid dienone is 1. The van der Waals surface area contributed by atoms with Crippen molar-refractivity contribution in [2.45, 2.75) is 58.8 Å². The standard InChI is InChI=1S/C14H25BO4/c1-11(13(2,3)4)19-15(16)12-5-7-14(8-6-12)17-9-10-18-14/h5,11,16H,6-10H2,1-4H3. The second-order valence-corrected chi connectivity index (χ2v) is 6.59. The van der Waals surface area contributed by atoms with Crippen LogP contribution in [0.5, 0.6) is 0 Å². The highest BCUT2D eigenvalue weighted by molar-refractivity contribution is 6.52. The van der Waals surface area contributed by atoms with Crippen molar-refractivity contribution < 1.29 is 19.2 Å². The lowest BCUT2D eigenvalue weighted by molar-refractivity contribution is -0.161. The fourth-order valence-electron chi connectivity index (χ4n) is 2.29. The molecule has 0 radical (unpaired) electrons. The molecule has 0 aromatic heterocycles. The van der Waals surface area contributed by atoms with Gasteiger partial charge >= 0.3 is 7.12 Å². The summed E-state index contributed by atoms with van der Waals surface area (Å²) >= 11 is 0. The Hall–Kier alpha value is -0.355. The SMILES string of the molecule is CC(OB(O)C1=CCC2(CC1)OCCO2)C(C)(C)C. The van der Waals surface area contributed by atoms with E-state index in [-0.39, 0.29) is 11.5 Å². The second kappa shape index (κ2) is 5.56. The molecule has 0 saturated carbocycles. The highest BCUT2D eigenvalue weighted by atomic mass is 16.7. The second-order valence-electron chi connectivity index (χ2n) is 6.59. The predicted octanol–water partition coefficient (Wildman–Crippen LogP) is 2.31. The van der Waals surface area contributed by atoms with Crippen molar-refractivity contribution in [2.24, 2.45) is 5.41 Å². The van der Waals surface area contributed by atoms with Crippen molar-refractivity contribution in [1.29, 1.82) is 0 Å². The average molecular weight is 268 g/mol. The first kappa shape index (κ1) is 15.0. The Bertz CT molecular complexity index is 342. The van der Waals surface area contributed by atoms with Crippen LogP contribution in [0.25, 0.3) is 0 Å². The summed E-state index contributed by atoms with van der Waals surface area (Å²) in [5.41, 5.74) is 0.968. The van der Waals surface area contributed by atoms with E-state index in [2.05, 4.69) is 20.8 Å². The van der Waals surface area contributed by atoms with Gasteiger partial charge in [-0.25, -0.2) is 0 Å². The largest absolute Gasteiger partial charge is 0.486 e. The van der Waals surface area contributed by atoms with Crippen LogP contribution in [0.3, 0.4) is 0 Å².